The summed E-state index contributed by atoms with van der Waals surface area (Å²) < 4.78 is 0. The van der Waals surface area contributed by atoms with E-state index in [2.05, 4.69) is 17.0 Å². The topological polar surface area (TPSA) is 39.9 Å². The molecule has 0 radical (unpaired) electrons. The minimum atomic E-state index is 0.508. The smallest absolute Gasteiger partial charge is 0.103 e. The van der Waals surface area contributed by atoms with Crippen molar-refractivity contribution in [3.63, 3.8) is 0 Å². The maximum Gasteiger partial charge on any atom is 0.103 e. The fourth-order valence-electron chi connectivity index (χ4n) is 1.67. The predicted octanol–water partition coefficient (Wildman–Crippen LogP) is 2.03. The number of aromatic nitrogens is 1. The first kappa shape index (κ1) is 12.1. The molecule has 0 saturated carbocycles. The summed E-state index contributed by atoms with van der Waals surface area (Å²) in [6.07, 6.45) is 5.32. The third kappa shape index (κ3) is 2.32. The molecule has 1 aromatic rings. The zero-order chi connectivity index (χ0) is 12.1. The van der Waals surface area contributed by atoms with Gasteiger partial charge in [-0.1, -0.05) is 5.92 Å². The molecule has 0 fully saturated rings. The van der Waals surface area contributed by atoms with Crippen LogP contribution in [0.4, 0.5) is 5.69 Å². The summed E-state index contributed by atoms with van der Waals surface area (Å²) in [5.74, 6) is 2.60. The Balaban J connectivity index is 3.31. The zero-order valence-electron chi connectivity index (χ0n) is 9.91. The molecule has 0 aliphatic heterocycles. The molecule has 0 saturated heterocycles. The summed E-state index contributed by atoms with van der Waals surface area (Å²) in [7, 11) is 0. The van der Waals surface area contributed by atoms with Crippen molar-refractivity contribution in [1.82, 2.24) is 4.98 Å². The third-order valence-electron chi connectivity index (χ3n) is 2.42. The van der Waals surface area contributed by atoms with Crippen LogP contribution in [0.15, 0.2) is 6.07 Å². The standard InChI is InChI=1S/C13H15N3/c1-5-7-16(6-2)13-8-10(3)15-11(4)12(13)9-14/h1,8H,6-7H2,2-4H3. The number of anilines is 1. The molecule has 1 rings (SSSR count). The van der Waals surface area contributed by atoms with E-state index >= 15 is 0 Å². The maximum atomic E-state index is 9.13. The van der Waals surface area contributed by atoms with Gasteiger partial charge in [-0.25, -0.2) is 0 Å². The lowest BCUT2D eigenvalue weighted by molar-refractivity contribution is 0.906. The average Bonchev–Trinajstić information content (AvgIpc) is 2.25. The predicted molar refractivity (Wildman–Crippen MR) is 65.1 cm³/mol. The molecule has 82 valence electrons. The molecule has 0 amide bonds. The SMILES string of the molecule is C#CCN(CC)c1cc(C)nc(C)c1C#N. The second kappa shape index (κ2) is 5.19. The summed E-state index contributed by atoms with van der Waals surface area (Å²) in [4.78, 5) is 6.28. The van der Waals surface area contributed by atoms with Crippen molar-refractivity contribution < 1.29 is 0 Å². The normalized spacial score (nSPS) is 9.31. The molecule has 0 aliphatic carbocycles. The van der Waals surface area contributed by atoms with Gasteiger partial charge in [0.25, 0.3) is 0 Å². The summed E-state index contributed by atoms with van der Waals surface area (Å²) in [5.41, 5.74) is 3.16. The van der Waals surface area contributed by atoms with E-state index in [4.69, 9.17) is 11.7 Å². The number of hydrogen-bond acceptors (Lipinski definition) is 3. The molecule has 1 heterocycles. The van der Waals surface area contributed by atoms with Crippen molar-refractivity contribution in [3.05, 3.63) is 23.0 Å². The summed E-state index contributed by atoms with van der Waals surface area (Å²) in [6, 6.07) is 4.10. The van der Waals surface area contributed by atoms with Gasteiger partial charge < -0.3 is 4.90 Å². The van der Waals surface area contributed by atoms with Crippen molar-refractivity contribution >= 4 is 5.69 Å². The van der Waals surface area contributed by atoms with Crippen LogP contribution in [0.3, 0.4) is 0 Å². The average molecular weight is 213 g/mol. The molecule has 0 atom stereocenters. The van der Waals surface area contributed by atoms with E-state index < -0.39 is 0 Å². The van der Waals surface area contributed by atoms with Crippen molar-refractivity contribution in [2.75, 3.05) is 18.0 Å². The highest BCUT2D eigenvalue weighted by atomic mass is 15.1. The Bertz CT molecular complexity index is 463. The van der Waals surface area contributed by atoms with Gasteiger partial charge in [0.05, 0.1) is 23.5 Å². The molecule has 3 heteroatoms. The highest BCUT2D eigenvalue weighted by Crippen LogP contribution is 2.22. The Labute approximate surface area is 96.7 Å². The number of terminal acetylenes is 1. The lowest BCUT2D eigenvalue weighted by atomic mass is 10.1. The van der Waals surface area contributed by atoms with E-state index in [1.807, 2.05) is 31.7 Å². The van der Waals surface area contributed by atoms with Gasteiger partial charge in [-0.2, -0.15) is 5.26 Å². The summed E-state index contributed by atoms with van der Waals surface area (Å²) >= 11 is 0. The highest BCUT2D eigenvalue weighted by Gasteiger charge is 2.12. The maximum absolute atomic E-state index is 9.13. The minimum absolute atomic E-state index is 0.508. The molecule has 0 aliphatic rings. The third-order valence-corrected chi connectivity index (χ3v) is 2.42. The van der Waals surface area contributed by atoms with Gasteiger partial charge >= 0.3 is 0 Å². The van der Waals surface area contributed by atoms with Crippen LogP contribution in [0.1, 0.15) is 23.9 Å². The van der Waals surface area contributed by atoms with Gasteiger partial charge in [0, 0.05) is 12.2 Å². The van der Waals surface area contributed by atoms with Crippen LogP contribution in [0.2, 0.25) is 0 Å². The Morgan fingerprint density at radius 3 is 2.69 bits per heavy atom. The zero-order valence-corrected chi connectivity index (χ0v) is 9.91. The molecule has 0 N–H and O–H groups in total. The molecular weight excluding hydrogens is 198 g/mol. The number of rotatable bonds is 3. The molecule has 0 spiro atoms. The number of nitriles is 1. The Hall–Kier alpha value is -2.00. The number of nitrogens with zero attached hydrogens (tertiary/aromatic N) is 3. The van der Waals surface area contributed by atoms with Gasteiger partial charge in [0.15, 0.2) is 0 Å². The Morgan fingerprint density at radius 1 is 1.50 bits per heavy atom. The Kier molecular flexibility index (Phi) is 3.91. The van der Waals surface area contributed by atoms with E-state index in [0.29, 0.717) is 12.1 Å². The first-order chi connectivity index (χ1) is 7.63. The fourth-order valence-corrected chi connectivity index (χ4v) is 1.67. The van der Waals surface area contributed by atoms with E-state index in [1.54, 1.807) is 0 Å². The van der Waals surface area contributed by atoms with Crippen LogP contribution in [-0.4, -0.2) is 18.1 Å². The van der Waals surface area contributed by atoms with Crippen LogP contribution >= 0.6 is 0 Å². The van der Waals surface area contributed by atoms with Crippen molar-refractivity contribution in [2.45, 2.75) is 20.8 Å². The second-order valence-electron chi connectivity index (χ2n) is 3.57. The summed E-state index contributed by atoms with van der Waals surface area (Å²) in [6.45, 7) is 7.07. The van der Waals surface area contributed by atoms with Crippen LogP contribution in [0.5, 0.6) is 0 Å². The lowest BCUT2D eigenvalue weighted by Crippen LogP contribution is -2.24. The van der Waals surface area contributed by atoms with Crippen LogP contribution in [0.25, 0.3) is 0 Å². The van der Waals surface area contributed by atoms with Gasteiger partial charge in [0.1, 0.15) is 6.07 Å². The van der Waals surface area contributed by atoms with Gasteiger partial charge in [-0.3, -0.25) is 4.98 Å². The van der Waals surface area contributed by atoms with Gasteiger partial charge in [-0.05, 0) is 26.8 Å². The molecule has 0 unspecified atom stereocenters. The number of aryl methyl sites for hydroxylation is 2. The number of hydrogen-bond donors (Lipinski definition) is 0. The molecule has 0 aromatic carbocycles. The molecular formula is C13H15N3. The summed E-state index contributed by atoms with van der Waals surface area (Å²) in [5, 5.41) is 9.13. The van der Waals surface area contributed by atoms with E-state index in [0.717, 1.165) is 23.6 Å². The first-order valence-corrected chi connectivity index (χ1v) is 5.20. The van der Waals surface area contributed by atoms with Crippen molar-refractivity contribution in [1.29, 1.82) is 5.26 Å². The van der Waals surface area contributed by atoms with Crippen LogP contribution in [-0.2, 0) is 0 Å². The van der Waals surface area contributed by atoms with Crippen molar-refractivity contribution in [2.24, 2.45) is 0 Å². The highest BCUT2D eigenvalue weighted by molar-refractivity contribution is 5.62. The van der Waals surface area contributed by atoms with E-state index in [9.17, 15) is 0 Å². The first-order valence-electron chi connectivity index (χ1n) is 5.20. The quantitative estimate of drug-likeness (QED) is 0.721. The van der Waals surface area contributed by atoms with Crippen LogP contribution < -0.4 is 4.90 Å². The second-order valence-corrected chi connectivity index (χ2v) is 3.57. The number of pyridine rings is 1. The largest absolute Gasteiger partial charge is 0.359 e. The fraction of sp³-hybridized carbons (Fsp3) is 0.385. The Morgan fingerprint density at radius 2 is 2.19 bits per heavy atom. The van der Waals surface area contributed by atoms with Gasteiger partial charge in [-0.15, -0.1) is 6.42 Å². The minimum Gasteiger partial charge on any atom is -0.359 e. The molecule has 1 aromatic heterocycles. The van der Waals surface area contributed by atoms with Crippen molar-refractivity contribution in [3.8, 4) is 18.4 Å². The molecule has 3 nitrogen and oxygen atoms in total. The van der Waals surface area contributed by atoms with E-state index in [-0.39, 0.29) is 0 Å². The van der Waals surface area contributed by atoms with E-state index in [1.165, 1.54) is 0 Å². The van der Waals surface area contributed by atoms with Gasteiger partial charge in [0.2, 0.25) is 0 Å². The molecule has 0 bridgehead atoms. The molecule has 16 heavy (non-hydrogen) atoms. The lowest BCUT2D eigenvalue weighted by Gasteiger charge is -2.22. The monoisotopic (exact) mass is 213 g/mol. The van der Waals surface area contributed by atoms with Crippen LogP contribution in [0, 0.1) is 37.5 Å².